The lowest BCUT2D eigenvalue weighted by atomic mass is 10.2. The number of carbonyl (C=O) groups excluding carboxylic acids is 1. The van der Waals surface area contributed by atoms with Crippen LogP contribution in [0.25, 0.3) is 0 Å². The molecule has 0 aliphatic rings. The zero-order chi connectivity index (χ0) is 8.97. The maximum Gasteiger partial charge on any atom is 0.0797 e. The maximum atomic E-state index is 10.1. The van der Waals surface area contributed by atoms with Gasteiger partial charge in [0.15, 0.2) is 0 Å². The molecule has 0 amide bonds. The van der Waals surface area contributed by atoms with E-state index in [9.17, 15) is 9.90 Å². The zero-order valence-corrected chi connectivity index (χ0v) is 7.69. The lowest BCUT2D eigenvalue weighted by Gasteiger charge is -2.00. The topological polar surface area (TPSA) is 53.0 Å². The van der Waals surface area contributed by atoms with E-state index >= 15 is 0 Å². The Hall–Kier alpha value is -0.900. The van der Waals surface area contributed by atoms with Gasteiger partial charge in [-0.3, -0.25) is 0 Å². The predicted molar refractivity (Wildman–Crippen MR) is 44.8 cm³/mol. The number of carboxylic acids is 1. The fourth-order valence-corrected chi connectivity index (χ4v) is 1.78. The second kappa shape index (κ2) is 4.21. The van der Waals surface area contributed by atoms with Crippen LogP contribution in [-0.4, -0.2) is 11.0 Å². The normalized spacial score (nSPS) is 10.1. The first-order valence-electron chi connectivity index (χ1n) is 3.79. The maximum absolute atomic E-state index is 10.1. The summed E-state index contributed by atoms with van der Waals surface area (Å²) < 4.78 is 0. The van der Waals surface area contributed by atoms with Crippen molar-refractivity contribution in [2.75, 3.05) is 0 Å². The molecule has 0 unspecified atom stereocenters. The average Bonchev–Trinajstić information content (AvgIpc) is 2.36. The number of nitrogens with zero attached hydrogens (tertiary/aromatic N) is 1. The SMILES string of the molecule is Cc1ncsc1CCCC(=O)[O-]. The van der Waals surface area contributed by atoms with E-state index in [0.717, 1.165) is 12.1 Å². The number of hydrogen-bond acceptors (Lipinski definition) is 4. The third-order valence-corrected chi connectivity index (χ3v) is 2.62. The van der Waals surface area contributed by atoms with Crippen LogP contribution in [0.1, 0.15) is 23.4 Å². The number of carboxylic acid groups (broad SMARTS) is 1. The molecule has 0 atom stereocenters. The average molecular weight is 184 g/mol. The Morgan fingerprint density at radius 1 is 1.75 bits per heavy atom. The molecular weight excluding hydrogens is 174 g/mol. The van der Waals surface area contributed by atoms with Gasteiger partial charge in [0.2, 0.25) is 0 Å². The number of aromatic nitrogens is 1. The summed E-state index contributed by atoms with van der Waals surface area (Å²) >= 11 is 1.58. The first kappa shape index (κ1) is 9.19. The molecule has 0 aliphatic heterocycles. The molecular formula is C8H10NO2S-. The highest BCUT2D eigenvalue weighted by Gasteiger charge is 2.00. The van der Waals surface area contributed by atoms with E-state index in [1.807, 2.05) is 6.92 Å². The van der Waals surface area contributed by atoms with Gasteiger partial charge in [0.05, 0.1) is 11.2 Å². The molecule has 0 spiro atoms. The van der Waals surface area contributed by atoms with Crippen molar-refractivity contribution in [3.63, 3.8) is 0 Å². The number of aryl methyl sites for hydroxylation is 2. The third-order valence-electron chi connectivity index (χ3n) is 1.63. The molecule has 1 aromatic heterocycles. The molecule has 0 saturated carbocycles. The van der Waals surface area contributed by atoms with E-state index in [4.69, 9.17) is 0 Å². The van der Waals surface area contributed by atoms with Gasteiger partial charge >= 0.3 is 0 Å². The van der Waals surface area contributed by atoms with E-state index in [2.05, 4.69) is 4.98 Å². The zero-order valence-electron chi connectivity index (χ0n) is 6.87. The second-order valence-electron chi connectivity index (χ2n) is 2.59. The van der Waals surface area contributed by atoms with Gasteiger partial charge in [-0.1, -0.05) is 0 Å². The van der Waals surface area contributed by atoms with Crippen LogP contribution in [0.2, 0.25) is 0 Å². The number of hydrogen-bond donors (Lipinski definition) is 0. The van der Waals surface area contributed by atoms with Crippen LogP contribution >= 0.6 is 11.3 Å². The summed E-state index contributed by atoms with van der Waals surface area (Å²) in [5.74, 6) is -0.975. The molecule has 3 nitrogen and oxygen atoms in total. The quantitative estimate of drug-likeness (QED) is 0.685. The summed E-state index contributed by atoms with van der Waals surface area (Å²) in [4.78, 5) is 15.3. The van der Waals surface area contributed by atoms with Crippen LogP contribution < -0.4 is 5.11 Å². The van der Waals surface area contributed by atoms with Gasteiger partial charge in [0.1, 0.15) is 0 Å². The van der Waals surface area contributed by atoms with Crippen molar-refractivity contribution < 1.29 is 9.90 Å². The third kappa shape index (κ3) is 2.62. The number of rotatable bonds is 4. The van der Waals surface area contributed by atoms with Gasteiger partial charge < -0.3 is 9.90 Å². The Bertz CT molecular complexity index is 270. The molecule has 0 N–H and O–H groups in total. The van der Waals surface area contributed by atoms with Gasteiger partial charge in [-0.15, -0.1) is 11.3 Å². The van der Waals surface area contributed by atoms with Crippen LogP contribution in [0, 0.1) is 6.92 Å². The number of aliphatic carboxylic acids is 1. The van der Waals surface area contributed by atoms with Crippen molar-refractivity contribution in [3.8, 4) is 0 Å². The van der Waals surface area contributed by atoms with Crippen LogP contribution in [0.5, 0.6) is 0 Å². The summed E-state index contributed by atoms with van der Waals surface area (Å²) in [5.41, 5.74) is 2.79. The summed E-state index contributed by atoms with van der Waals surface area (Å²) in [5, 5.41) is 10.1. The van der Waals surface area contributed by atoms with Crippen LogP contribution in [-0.2, 0) is 11.2 Å². The highest BCUT2D eigenvalue weighted by Crippen LogP contribution is 2.14. The highest BCUT2D eigenvalue weighted by molar-refractivity contribution is 7.09. The summed E-state index contributed by atoms with van der Waals surface area (Å²) in [6, 6.07) is 0. The van der Waals surface area contributed by atoms with Crippen molar-refractivity contribution in [2.45, 2.75) is 26.2 Å². The molecule has 1 heterocycles. The van der Waals surface area contributed by atoms with Crippen LogP contribution in [0.4, 0.5) is 0 Å². The summed E-state index contributed by atoms with van der Waals surface area (Å²) in [6.45, 7) is 1.94. The van der Waals surface area contributed by atoms with E-state index < -0.39 is 5.97 Å². The van der Waals surface area contributed by atoms with Crippen LogP contribution in [0.3, 0.4) is 0 Å². The van der Waals surface area contributed by atoms with Gasteiger partial charge in [0, 0.05) is 10.8 Å². The molecule has 0 bridgehead atoms. The first-order valence-corrected chi connectivity index (χ1v) is 4.67. The van der Waals surface area contributed by atoms with E-state index in [-0.39, 0.29) is 6.42 Å². The Morgan fingerprint density at radius 2 is 2.50 bits per heavy atom. The Morgan fingerprint density at radius 3 is 3.00 bits per heavy atom. The van der Waals surface area contributed by atoms with E-state index in [0.29, 0.717) is 6.42 Å². The van der Waals surface area contributed by atoms with Gasteiger partial charge in [-0.05, 0) is 26.2 Å². The Kier molecular flexibility index (Phi) is 3.22. The van der Waals surface area contributed by atoms with Gasteiger partial charge in [-0.2, -0.15) is 0 Å². The minimum Gasteiger partial charge on any atom is -0.550 e. The summed E-state index contributed by atoms with van der Waals surface area (Å²) in [6.07, 6.45) is 1.58. The van der Waals surface area contributed by atoms with E-state index in [1.54, 1.807) is 16.8 Å². The number of carbonyl (C=O) groups is 1. The molecule has 1 rings (SSSR count). The van der Waals surface area contributed by atoms with Crippen molar-refractivity contribution in [2.24, 2.45) is 0 Å². The number of thiazole rings is 1. The Balaban J connectivity index is 2.33. The molecule has 0 aliphatic carbocycles. The molecule has 0 saturated heterocycles. The molecule has 0 fully saturated rings. The predicted octanol–water partition coefficient (Wildman–Crippen LogP) is 0.524. The molecule has 1 aromatic rings. The van der Waals surface area contributed by atoms with Crippen molar-refractivity contribution >= 4 is 17.3 Å². The lowest BCUT2D eigenvalue weighted by molar-refractivity contribution is -0.305. The summed E-state index contributed by atoms with van der Waals surface area (Å²) in [7, 11) is 0. The molecule has 66 valence electrons. The van der Waals surface area contributed by atoms with Gasteiger partial charge in [-0.25, -0.2) is 4.98 Å². The Labute approximate surface area is 75.1 Å². The molecule has 12 heavy (non-hydrogen) atoms. The van der Waals surface area contributed by atoms with Crippen molar-refractivity contribution in [3.05, 3.63) is 16.1 Å². The lowest BCUT2D eigenvalue weighted by Crippen LogP contribution is -2.21. The highest BCUT2D eigenvalue weighted by atomic mass is 32.1. The van der Waals surface area contributed by atoms with Crippen molar-refractivity contribution in [1.82, 2.24) is 4.98 Å². The standard InChI is InChI=1S/C8H11NO2S/c1-6-7(12-5-9-6)3-2-4-8(10)11/h5H,2-4H2,1H3,(H,10,11)/p-1. The fourth-order valence-electron chi connectivity index (χ4n) is 0.959. The molecule has 4 heteroatoms. The fraction of sp³-hybridized carbons (Fsp3) is 0.500. The van der Waals surface area contributed by atoms with Crippen LogP contribution in [0.15, 0.2) is 5.51 Å². The monoisotopic (exact) mass is 184 g/mol. The minimum absolute atomic E-state index is 0.136. The molecule has 0 aromatic carbocycles. The van der Waals surface area contributed by atoms with E-state index in [1.165, 1.54) is 4.88 Å². The molecule has 0 radical (unpaired) electrons. The second-order valence-corrected chi connectivity index (χ2v) is 3.53. The first-order chi connectivity index (χ1) is 5.70. The minimum atomic E-state index is -0.975. The van der Waals surface area contributed by atoms with Crippen molar-refractivity contribution in [1.29, 1.82) is 0 Å². The van der Waals surface area contributed by atoms with Gasteiger partial charge in [0.25, 0.3) is 0 Å². The smallest absolute Gasteiger partial charge is 0.0797 e. The largest absolute Gasteiger partial charge is 0.550 e.